The van der Waals surface area contributed by atoms with Crippen LogP contribution in [0.15, 0.2) is 140 Å². The molecule has 0 fully saturated rings. The van der Waals surface area contributed by atoms with Crippen molar-refractivity contribution in [3.05, 3.63) is 140 Å². The number of rotatable bonds is 3. The molecule has 3 heteroatoms. The van der Waals surface area contributed by atoms with Crippen LogP contribution in [0.2, 0.25) is 0 Å². The number of aromatic nitrogens is 3. The van der Waals surface area contributed by atoms with Gasteiger partial charge in [-0.2, -0.15) is 0 Å². The maximum absolute atomic E-state index is 5.12. The Kier molecular flexibility index (Phi) is 5.14. The molecule has 0 amide bonds. The third-order valence-electron chi connectivity index (χ3n) is 7.77. The summed E-state index contributed by atoms with van der Waals surface area (Å²) in [5.41, 5.74) is 8.28. The van der Waals surface area contributed by atoms with Crippen molar-refractivity contribution in [1.29, 1.82) is 0 Å². The molecule has 0 saturated carbocycles. The number of benzene rings is 5. The minimum atomic E-state index is 0.928. The molecule has 40 heavy (non-hydrogen) atoms. The molecule has 0 unspecified atom stereocenters. The SMILES string of the molecule is c1ccc2c(-c3ccc(-c4ccc(-c5ccc6ccc7cccnc7c6n5)c5ccccc45)cn3)cccc2c1. The molecule has 0 bridgehead atoms. The van der Waals surface area contributed by atoms with Gasteiger partial charge in [0.05, 0.1) is 22.4 Å². The largest absolute Gasteiger partial charge is 0.256 e. The van der Waals surface area contributed by atoms with Crippen LogP contribution in [0.4, 0.5) is 0 Å². The zero-order valence-corrected chi connectivity index (χ0v) is 21.6. The summed E-state index contributed by atoms with van der Waals surface area (Å²) in [6, 6.07) is 44.6. The molecule has 3 aromatic heterocycles. The Labute approximate surface area is 231 Å². The Morgan fingerprint density at radius 1 is 0.375 bits per heavy atom. The highest BCUT2D eigenvalue weighted by molar-refractivity contribution is 6.07. The van der Waals surface area contributed by atoms with Crippen molar-refractivity contribution in [2.75, 3.05) is 0 Å². The molecule has 8 rings (SSSR count). The fraction of sp³-hybridized carbons (Fsp3) is 0. The van der Waals surface area contributed by atoms with Gasteiger partial charge in [0.25, 0.3) is 0 Å². The lowest BCUT2D eigenvalue weighted by Crippen LogP contribution is -1.91. The van der Waals surface area contributed by atoms with Gasteiger partial charge in [-0.05, 0) is 45.3 Å². The molecule has 0 atom stereocenters. The molecule has 0 N–H and O–H groups in total. The molecule has 3 heterocycles. The van der Waals surface area contributed by atoms with Crippen molar-refractivity contribution < 1.29 is 0 Å². The number of nitrogens with zero attached hydrogens (tertiary/aromatic N) is 3. The lowest BCUT2D eigenvalue weighted by atomic mass is 9.93. The van der Waals surface area contributed by atoms with E-state index in [4.69, 9.17) is 9.97 Å². The number of pyridine rings is 3. The van der Waals surface area contributed by atoms with Gasteiger partial charge in [0.1, 0.15) is 0 Å². The minimum Gasteiger partial charge on any atom is -0.256 e. The number of hydrogen-bond donors (Lipinski definition) is 0. The molecule has 0 saturated heterocycles. The first-order chi connectivity index (χ1) is 19.8. The highest BCUT2D eigenvalue weighted by Crippen LogP contribution is 2.37. The van der Waals surface area contributed by atoms with Crippen molar-refractivity contribution >= 4 is 43.4 Å². The predicted octanol–water partition coefficient (Wildman–Crippen LogP) is 9.49. The molecule has 8 aromatic rings. The summed E-state index contributed by atoms with van der Waals surface area (Å²) in [4.78, 5) is 14.7. The van der Waals surface area contributed by atoms with Gasteiger partial charge < -0.3 is 0 Å². The van der Waals surface area contributed by atoms with Crippen molar-refractivity contribution in [3.8, 4) is 33.6 Å². The number of hydrogen-bond acceptors (Lipinski definition) is 3. The Hall–Kier alpha value is -5.41. The van der Waals surface area contributed by atoms with Gasteiger partial charge in [-0.3, -0.25) is 9.97 Å². The lowest BCUT2D eigenvalue weighted by Gasteiger charge is -2.13. The normalized spacial score (nSPS) is 11.5. The summed E-state index contributed by atoms with van der Waals surface area (Å²) in [7, 11) is 0. The first-order valence-corrected chi connectivity index (χ1v) is 13.4. The van der Waals surface area contributed by atoms with E-state index in [2.05, 4.69) is 126 Å². The maximum atomic E-state index is 5.12. The van der Waals surface area contributed by atoms with Gasteiger partial charge in [0.15, 0.2) is 0 Å². The zero-order chi connectivity index (χ0) is 26.5. The van der Waals surface area contributed by atoms with Crippen LogP contribution >= 0.6 is 0 Å². The molecular formula is C37H23N3. The minimum absolute atomic E-state index is 0.928. The quantitative estimate of drug-likeness (QED) is 0.223. The molecule has 0 aliphatic heterocycles. The predicted molar refractivity (Wildman–Crippen MR) is 166 cm³/mol. The van der Waals surface area contributed by atoms with Crippen LogP contribution in [-0.4, -0.2) is 15.0 Å². The molecule has 0 radical (unpaired) electrons. The standard InChI is InChI=1S/C37H23N3/c1-2-10-28-24(7-1)8-5-13-32(28)34-20-17-27(23-39-34)29-18-19-33(31-12-4-3-11-30(29)31)35-21-16-26-15-14-25-9-6-22-38-36(25)37(26)40-35/h1-23H. The molecule has 0 aliphatic rings. The Balaban J connectivity index is 1.25. The molecule has 0 aliphatic carbocycles. The second-order valence-electron chi connectivity index (χ2n) is 10.1. The topological polar surface area (TPSA) is 38.7 Å². The second kappa shape index (κ2) is 9.11. The summed E-state index contributed by atoms with van der Waals surface area (Å²) >= 11 is 0. The summed E-state index contributed by atoms with van der Waals surface area (Å²) < 4.78 is 0. The average molecular weight is 510 g/mol. The van der Waals surface area contributed by atoms with E-state index in [0.29, 0.717) is 0 Å². The van der Waals surface area contributed by atoms with Crippen LogP contribution in [0.25, 0.3) is 77.0 Å². The van der Waals surface area contributed by atoms with E-state index in [9.17, 15) is 0 Å². The van der Waals surface area contributed by atoms with E-state index < -0.39 is 0 Å². The van der Waals surface area contributed by atoms with Crippen LogP contribution in [0.3, 0.4) is 0 Å². The van der Waals surface area contributed by atoms with Gasteiger partial charge in [0, 0.05) is 39.9 Å². The van der Waals surface area contributed by atoms with Gasteiger partial charge in [0.2, 0.25) is 0 Å². The smallest absolute Gasteiger partial charge is 0.0972 e. The van der Waals surface area contributed by atoms with E-state index in [-0.39, 0.29) is 0 Å². The van der Waals surface area contributed by atoms with Gasteiger partial charge >= 0.3 is 0 Å². The highest BCUT2D eigenvalue weighted by atomic mass is 14.8. The highest BCUT2D eigenvalue weighted by Gasteiger charge is 2.13. The van der Waals surface area contributed by atoms with Gasteiger partial charge in [-0.25, -0.2) is 4.98 Å². The van der Waals surface area contributed by atoms with E-state index in [1.807, 2.05) is 18.5 Å². The van der Waals surface area contributed by atoms with E-state index in [1.54, 1.807) is 0 Å². The molecule has 3 nitrogen and oxygen atoms in total. The first-order valence-electron chi connectivity index (χ1n) is 13.4. The first kappa shape index (κ1) is 22.6. The van der Waals surface area contributed by atoms with Crippen molar-refractivity contribution in [2.24, 2.45) is 0 Å². The third kappa shape index (κ3) is 3.63. The molecule has 0 spiro atoms. The summed E-state index contributed by atoms with van der Waals surface area (Å²) in [5, 5.41) is 6.97. The molecule has 5 aromatic carbocycles. The number of fused-ring (bicyclic) bond motifs is 5. The fourth-order valence-corrected chi connectivity index (χ4v) is 5.81. The average Bonchev–Trinajstić information content (AvgIpc) is 3.04. The Bertz CT molecular complexity index is 2210. The summed E-state index contributed by atoms with van der Waals surface area (Å²) in [6.07, 6.45) is 3.82. The van der Waals surface area contributed by atoms with E-state index in [1.165, 1.54) is 16.2 Å². The van der Waals surface area contributed by atoms with Crippen LogP contribution in [0, 0.1) is 0 Å². The second-order valence-corrected chi connectivity index (χ2v) is 10.1. The maximum Gasteiger partial charge on any atom is 0.0972 e. The molecular weight excluding hydrogens is 486 g/mol. The third-order valence-corrected chi connectivity index (χ3v) is 7.77. The monoisotopic (exact) mass is 509 g/mol. The molecule has 186 valence electrons. The fourth-order valence-electron chi connectivity index (χ4n) is 5.81. The van der Waals surface area contributed by atoms with Gasteiger partial charge in [-0.1, -0.05) is 109 Å². The lowest BCUT2D eigenvalue weighted by molar-refractivity contribution is 1.33. The Morgan fingerprint density at radius 3 is 1.88 bits per heavy atom. The van der Waals surface area contributed by atoms with E-state index in [0.717, 1.165) is 60.8 Å². The van der Waals surface area contributed by atoms with Crippen LogP contribution in [0.5, 0.6) is 0 Å². The van der Waals surface area contributed by atoms with Crippen molar-refractivity contribution in [3.63, 3.8) is 0 Å². The Morgan fingerprint density at radius 2 is 1.02 bits per heavy atom. The van der Waals surface area contributed by atoms with Crippen LogP contribution in [-0.2, 0) is 0 Å². The summed E-state index contributed by atoms with van der Waals surface area (Å²) in [5.74, 6) is 0. The van der Waals surface area contributed by atoms with Crippen LogP contribution in [0.1, 0.15) is 0 Å². The summed E-state index contributed by atoms with van der Waals surface area (Å²) in [6.45, 7) is 0. The van der Waals surface area contributed by atoms with Gasteiger partial charge in [-0.15, -0.1) is 0 Å². The zero-order valence-electron chi connectivity index (χ0n) is 21.6. The van der Waals surface area contributed by atoms with Crippen LogP contribution < -0.4 is 0 Å². The van der Waals surface area contributed by atoms with Crippen molar-refractivity contribution in [2.45, 2.75) is 0 Å². The van der Waals surface area contributed by atoms with Crippen molar-refractivity contribution in [1.82, 2.24) is 15.0 Å². The van der Waals surface area contributed by atoms with E-state index >= 15 is 0 Å².